The molecule has 45 heavy (non-hydrogen) atoms. The van der Waals surface area contributed by atoms with E-state index in [-0.39, 0.29) is 36.1 Å². The van der Waals surface area contributed by atoms with Crippen LogP contribution in [0.3, 0.4) is 0 Å². The van der Waals surface area contributed by atoms with Crippen LogP contribution >= 0.6 is 0 Å². The third-order valence-corrected chi connectivity index (χ3v) is 10.9. The molecule has 4 saturated heterocycles. The highest BCUT2D eigenvalue weighted by molar-refractivity contribution is 6.62. The zero-order valence-corrected chi connectivity index (χ0v) is 27.2. The number of nitrogens with zero attached hydrogens (tertiary/aromatic N) is 5. The van der Waals surface area contributed by atoms with Crippen LogP contribution in [0, 0.1) is 0 Å². The Morgan fingerprint density at radius 1 is 0.822 bits per heavy atom. The highest BCUT2D eigenvalue weighted by Crippen LogP contribution is 2.37. The normalized spacial score (nSPS) is 24.5. The van der Waals surface area contributed by atoms with E-state index in [1.54, 1.807) is 0 Å². The number of imide groups is 1. The number of fused-ring (bicyclic) bond motifs is 1. The SMILES string of the molecule is Cn1nc(C2CCC(=O)NC2=O)c2ccc(N3CCN(C4CCN(c5ccc(B6OC(C)(C)C(C)(C)O6)cc5)CC4)CC3)cc21. The number of amides is 2. The molecule has 4 aliphatic heterocycles. The quantitative estimate of drug-likeness (QED) is 0.347. The van der Waals surface area contributed by atoms with Crippen molar-refractivity contribution in [2.24, 2.45) is 7.05 Å². The number of benzene rings is 2. The third-order valence-electron chi connectivity index (χ3n) is 10.9. The van der Waals surface area contributed by atoms with Gasteiger partial charge >= 0.3 is 7.12 Å². The molecular formula is C34H45BN6O4. The first kappa shape index (κ1) is 30.3. The van der Waals surface area contributed by atoms with Crippen molar-refractivity contribution in [3.05, 3.63) is 48.2 Å². The van der Waals surface area contributed by atoms with Crippen molar-refractivity contribution in [1.82, 2.24) is 20.0 Å². The first-order chi connectivity index (χ1) is 21.5. The first-order valence-electron chi connectivity index (χ1n) is 16.5. The van der Waals surface area contributed by atoms with Gasteiger partial charge in [0.2, 0.25) is 11.8 Å². The van der Waals surface area contributed by atoms with Crippen molar-refractivity contribution < 1.29 is 18.9 Å². The van der Waals surface area contributed by atoms with Crippen molar-refractivity contribution in [1.29, 1.82) is 0 Å². The molecule has 1 aromatic heterocycles. The molecule has 0 radical (unpaired) electrons. The summed E-state index contributed by atoms with van der Waals surface area (Å²) in [5, 5.41) is 8.17. The minimum Gasteiger partial charge on any atom is -0.399 e. The van der Waals surface area contributed by atoms with Crippen LogP contribution in [0.25, 0.3) is 10.9 Å². The molecule has 2 amide bonds. The molecule has 4 aliphatic rings. The van der Waals surface area contributed by atoms with Crippen molar-refractivity contribution in [2.45, 2.75) is 76.5 Å². The zero-order chi connectivity index (χ0) is 31.5. The van der Waals surface area contributed by atoms with Gasteiger partial charge in [-0.15, -0.1) is 0 Å². The van der Waals surface area contributed by atoms with Crippen molar-refractivity contribution in [2.75, 3.05) is 49.1 Å². The van der Waals surface area contributed by atoms with Crippen molar-refractivity contribution in [3.8, 4) is 0 Å². The zero-order valence-electron chi connectivity index (χ0n) is 27.2. The Labute approximate surface area is 266 Å². The number of anilines is 2. The molecule has 4 fully saturated rings. The summed E-state index contributed by atoms with van der Waals surface area (Å²) < 4.78 is 14.3. The third kappa shape index (κ3) is 5.63. The maximum atomic E-state index is 12.5. The number of piperidine rings is 2. The summed E-state index contributed by atoms with van der Waals surface area (Å²) in [7, 11) is 1.61. The van der Waals surface area contributed by atoms with E-state index in [0.717, 1.165) is 61.3 Å². The molecule has 0 saturated carbocycles. The average molecular weight is 613 g/mol. The van der Waals surface area contributed by atoms with Gasteiger partial charge in [0.15, 0.2) is 0 Å². The fourth-order valence-electron chi connectivity index (χ4n) is 7.34. The topological polar surface area (TPSA) is 92.2 Å². The molecule has 0 bridgehead atoms. The Kier molecular flexibility index (Phi) is 7.69. The van der Waals surface area contributed by atoms with Crippen LogP contribution in [0.2, 0.25) is 0 Å². The van der Waals surface area contributed by atoms with Crippen molar-refractivity contribution in [3.63, 3.8) is 0 Å². The van der Waals surface area contributed by atoms with Gasteiger partial charge in [-0.1, -0.05) is 12.1 Å². The second-order valence-electron chi connectivity index (χ2n) is 14.1. The van der Waals surface area contributed by atoms with Crippen LogP contribution in [0.5, 0.6) is 0 Å². The molecule has 1 unspecified atom stereocenters. The number of aromatic nitrogens is 2. The monoisotopic (exact) mass is 612 g/mol. The Morgan fingerprint density at radius 2 is 1.44 bits per heavy atom. The highest BCUT2D eigenvalue weighted by atomic mass is 16.7. The van der Waals surface area contributed by atoms with E-state index in [9.17, 15) is 9.59 Å². The summed E-state index contributed by atoms with van der Waals surface area (Å²) in [6.45, 7) is 14.6. The predicted octanol–water partition coefficient (Wildman–Crippen LogP) is 3.18. The second-order valence-corrected chi connectivity index (χ2v) is 14.1. The molecule has 0 aliphatic carbocycles. The lowest BCUT2D eigenvalue weighted by Gasteiger charge is -2.43. The summed E-state index contributed by atoms with van der Waals surface area (Å²) in [5.41, 5.74) is 4.65. The molecule has 1 N–H and O–H groups in total. The summed E-state index contributed by atoms with van der Waals surface area (Å²) >= 11 is 0. The number of hydrogen-bond acceptors (Lipinski definition) is 8. The van der Waals surface area contributed by atoms with Crippen molar-refractivity contribution >= 4 is 46.7 Å². The number of rotatable bonds is 5. The molecule has 1 atom stereocenters. The van der Waals surface area contributed by atoms with Gasteiger partial charge in [-0.05, 0) is 82.8 Å². The van der Waals surface area contributed by atoms with Gasteiger partial charge in [-0.25, -0.2) is 0 Å². The van der Waals surface area contributed by atoms with Gasteiger partial charge in [0.05, 0.1) is 28.3 Å². The van der Waals surface area contributed by atoms with Gasteiger partial charge in [0.25, 0.3) is 0 Å². The van der Waals surface area contributed by atoms with Crippen LogP contribution in [0.1, 0.15) is 65.0 Å². The van der Waals surface area contributed by atoms with Gasteiger partial charge < -0.3 is 19.1 Å². The van der Waals surface area contributed by atoms with Crippen LogP contribution < -0.4 is 20.6 Å². The summed E-state index contributed by atoms with van der Waals surface area (Å²) in [6.07, 6.45) is 3.20. The fourth-order valence-corrected chi connectivity index (χ4v) is 7.34. The number of piperazine rings is 1. The molecule has 7 rings (SSSR count). The van der Waals surface area contributed by atoms with Gasteiger partial charge in [-0.3, -0.25) is 24.5 Å². The standard InChI is InChI=1S/C34H45BN6O4/c1-33(2)34(3,4)45-35(44-33)23-6-8-24(9-7-23)39-16-14-25(15-17-39)40-18-20-41(21-19-40)26-10-11-27-29(22-26)38(5)37-31(27)28-12-13-30(42)36-32(28)43/h6-11,22,25,28H,12-21H2,1-5H3,(H,36,42,43). The highest BCUT2D eigenvalue weighted by Gasteiger charge is 2.51. The average Bonchev–Trinajstić information content (AvgIpc) is 3.47. The summed E-state index contributed by atoms with van der Waals surface area (Å²) in [6, 6.07) is 15.8. The van der Waals surface area contributed by atoms with E-state index < -0.39 is 0 Å². The lowest BCUT2D eigenvalue weighted by atomic mass is 9.79. The lowest BCUT2D eigenvalue weighted by molar-refractivity contribution is -0.134. The van der Waals surface area contributed by atoms with Crippen LogP contribution in [-0.2, 0) is 25.9 Å². The van der Waals surface area contributed by atoms with E-state index in [2.05, 4.69) is 90.2 Å². The smallest absolute Gasteiger partial charge is 0.399 e. The molecule has 5 heterocycles. The Morgan fingerprint density at radius 3 is 2.09 bits per heavy atom. The summed E-state index contributed by atoms with van der Waals surface area (Å²) in [4.78, 5) is 31.8. The molecular weight excluding hydrogens is 567 g/mol. The van der Waals surface area contributed by atoms with E-state index in [0.29, 0.717) is 18.9 Å². The van der Waals surface area contributed by atoms with Gasteiger partial charge in [-0.2, -0.15) is 5.10 Å². The fraction of sp³-hybridized carbons (Fsp3) is 0.559. The number of aryl methyl sites for hydroxylation is 1. The Hall–Kier alpha value is -3.41. The molecule has 2 aromatic carbocycles. The van der Waals surface area contributed by atoms with E-state index in [1.165, 1.54) is 24.2 Å². The van der Waals surface area contributed by atoms with Gasteiger partial charge in [0, 0.05) is 75.5 Å². The van der Waals surface area contributed by atoms with Crippen LogP contribution in [0.15, 0.2) is 42.5 Å². The largest absolute Gasteiger partial charge is 0.494 e. The Bertz CT molecular complexity index is 1570. The number of carbonyl (C=O) groups excluding carboxylic acids is 2. The minimum absolute atomic E-state index is 0.201. The van der Waals surface area contributed by atoms with E-state index >= 15 is 0 Å². The minimum atomic E-state index is -0.382. The maximum Gasteiger partial charge on any atom is 0.494 e. The molecule has 0 spiro atoms. The molecule has 238 valence electrons. The number of nitrogens with one attached hydrogen (secondary N) is 1. The molecule has 11 heteroatoms. The number of carbonyl (C=O) groups is 2. The van der Waals surface area contributed by atoms with Crippen LogP contribution in [-0.4, -0.2) is 90.1 Å². The van der Waals surface area contributed by atoms with E-state index in [1.807, 2.05) is 11.7 Å². The van der Waals surface area contributed by atoms with Crippen LogP contribution in [0.4, 0.5) is 11.4 Å². The van der Waals surface area contributed by atoms with Gasteiger partial charge in [0.1, 0.15) is 0 Å². The number of hydrogen-bond donors (Lipinski definition) is 1. The van der Waals surface area contributed by atoms with E-state index in [4.69, 9.17) is 14.4 Å². The molecule has 3 aromatic rings. The first-order valence-corrected chi connectivity index (χ1v) is 16.5. The summed E-state index contributed by atoms with van der Waals surface area (Å²) in [5.74, 6) is -0.825. The second kappa shape index (κ2) is 11.4. The molecule has 10 nitrogen and oxygen atoms in total. The predicted molar refractivity (Wildman–Crippen MR) is 177 cm³/mol. The Balaban J connectivity index is 0.927. The lowest BCUT2D eigenvalue weighted by Crippen LogP contribution is -2.53. The maximum absolute atomic E-state index is 12.5.